The second-order valence-corrected chi connectivity index (χ2v) is 5.70. The molecule has 0 bridgehead atoms. The fourth-order valence-electron chi connectivity index (χ4n) is 1.73. The number of carboxylic acids is 1. The van der Waals surface area contributed by atoms with Crippen molar-refractivity contribution in [3.63, 3.8) is 0 Å². The topological polar surface area (TPSA) is 46.5 Å². The van der Waals surface area contributed by atoms with Gasteiger partial charge in [-0.1, -0.05) is 33.6 Å². The van der Waals surface area contributed by atoms with E-state index in [0.29, 0.717) is 16.5 Å². The van der Waals surface area contributed by atoms with Crippen LogP contribution in [0.3, 0.4) is 0 Å². The molecular weight excluding hydrogens is 356 g/mol. The number of halogens is 2. The predicted molar refractivity (Wildman–Crippen MR) is 87.1 cm³/mol. The van der Waals surface area contributed by atoms with Crippen LogP contribution in [0.2, 0.25) is 5.02 Å². The highest BCUT2D eigenvalue weighted by molar-refractivity contribution is 9.10. The molecule has 3 nitrogen and oxygen atoms in total. The summed E-state index contributed by atoms with van der Waals surface area (Å²) in [4.78, 5) is 10.5. The molecule has 0 unspecified atom stereocenters. The highest BCUT2D eigenvalue weighted by Crippen LogP contribution is 2.33. The average molecular weight is 368 g/mol. The molecule has 0 aliphatic rings. The molecule has 108 valence electrons. The first-order valence-corrected chi connectivity index (χ1v) is 7.27. The number of benzene rings is 2. The second kappa shape index (κ2) is 6.78. The molecule has 0 atom stereocenters. The summed E-state index contributed by atoms with van der Waals surface area (Å²) >= 11 is 9.46. The lowest BCUT2D eigenvalue weighted by molar-refractivity contribution is -0.131. The van der Waals surface area contributed by atoms with Gasteiger partial charge in [-0.25, -0.2) is 4.79 Å². The third kappa shape index (κ3) is 4.34. The van der Waals surface area contributed by atoms with Gasteiger partial charge in [0, 0.05) is 10.5 Å². The minimum atomic E-state index is -0.978. The predicted octanol–water partition coefficient (Wildman–Crippen LogP) is 5.30. The van der Waals surface area contributed by atoms with Crippen molar-refractivity contribution in [2.24, 2.45) is 0 Å². The van der Waals surface area contributed by atoms with Crippen molar-refractivity contribution < 1.29 is 14.6 Å². The molecule has 0 fully saturated rings. The van der Waals surface area contributed by atoms with Crippen molar-refractivity contribution in [2.75, 3.05) is 0 Å². The van der Waals surface area contributed by atoms with E-state index in [0.717, 1.165) is 21.7 Å². The summed E-state index contributed by atoms with van der Waals surface area (Å²) in [6.45, 7) is 1.89. The minimum absolute atomic E-state index is 0.521. The third-order valence-corrected chi connectivity index (χ3v) is 3.54. The molecule has 21 heavy (non-hydrogen) atoms. The normalized spacial score (nSPS) is 10.8. The molecule has 0 aromatic heterocycles. The van der Waals surface area contributed by atoms with Crippen LogP contribution >= 0.6 is 27.5 Å². The van der Waals surface area contributed by atoms with Crippen molar-refractivity contribution in [2.45, 2.75) is 6.92 Å². The van der Waals surface area contributed by atoms with Gasteiger partial charge in [0.05, 0.1) is 5.02 Å². The zero-order valence-electron chi connectivity index (χ0n) is 11.1. The van der Waals surface area contributed by atoms with Crippen molar-refractivity contribution in [3.05, 3.63) is 63.1 Å². The molecule has 2 aromatic carbocycles. The first-order valence-electron chi connectivity index (χ1n) is 6.10. The van der Waals surface area contributed by atoms with Gasteiger partial charge in [-0.2, -0.15) is 0 Å². The standard InChI is InChI=1S/C16H12BrClO3/c1-10-8-11(3-7-16(19)20)2-6-14(10)21-15-9-12(17)4-5-13(15)18/h2-9H,1H3,(H,19,20). The Morgan fingerprint density at radius 2 is 2.00 bits per heavy atom. The molecule has 0 saturated carbocycles. The van der Waals surface area contributed by atoms with Crippen LogP contribution in [0.15, 0.2) is 46.9 Å². The molecule has 0 aliphatic carbocycles. The van der Waals surface area contributed by atoms with E-state index < -0.39 is 5.97 Å². The Kier molecular flexibility index (Phi) is 5.04. The first kappa shape index (κ1) is 15.6. The van der Waals surface area contributed by atoms with Gasteiger partial charge in [-0.3, -0.25) is 0 Å². The van der Waals surface area contributed by atoms with Gasteiger partial charge < -0.3 is 9.84 Å². The van der Waals surface area contributed by atoms with E-state index in [1.54, 1.807) is 24.3 Å². The smallest absolute Gasteiger partial charge is 0.328 e. The molecule has 0 saturated heterocycles. The van der Waals surface area contributed by atoms with Crippen LogP contribution in [0.1, 0.15) is 11.1 Å². The number of aryl methyl sites for hydroxylation is 1. The van der Waals surface area contributed by atoms with E-state index in [9.17, 15) is 4.79 Å². The number of aliphatic carboxylic acids is 1. The summed E-state index contributed by atoms with van der Waals surface area (Å²) in [5.41, 5.74) is 1.68. The van der Waals surface area contributed by atoms with Crippen molar-refractivity contribution in [3.8, 4) is 11.5 Å². The van der Waals surface area contributed by atoms with Gasteiger partial charge in [0.2, 0.25) is 0 Å². The van der Waals surface area contributed by atoms with Gasteiger partial charge in [-0.05, 0) is 54.5 Å². The number of carbonyl (C=O) groups is 1. The second-order valence-electron chi connectivity index (χ2n) is 4.37. The summed E-state index contributed by atoms with van der Waals surface area (Å²) in [6, 6.07) is 10.8. The zero-order valence-corrected chi connectivity index (χ0v) is 13.5. The summed E-state index contributed by atoms with van der Waals surface area (Å²) in [7, 11) is 0. The Morgan fingerprint density at radius 1 is 1.24 bits per heavy atom. The first-order chi connectivity index (χ1) is 9.95. The van der Waals surface area contributed by atoms with Crippen molar-refractivity contribution >= 4 is 39.6 Å². The van der Waals surface area contributed by atoms with E-state index in [1.165, 1.54) is 6.08 Å². The van der Waals surface area contributed by atoms with E-state index in [1.807, 2.05) is 19.1 Å². The molecule has 0 aliphatic heterocycles. The summed E-state index contributed by atoms with van der Waals surface area (Å²) in [5, 5.41) is 9.14. The van der Waals surface area contributed by atoms with Crippen LogP contribution in [0.4, 0.5) is 0 Å². The number of hydrogen-bond acceptors (Lipinski definition) is 2. The molecule has 1 N–H and O–H groups in total. The lowest BCUT2D eigenvalue weighted by Crippen LogP contribution is -1.90. The quantitative estimate of drug-likeness (QED) is 0.746. The Morgan fingerprint density at radius 3 is 2.67 bits per heavy atom. The zero-order chi connectivity index (χ0) is 15.4. The van der Waals surface area contributed by atoms with E-state index in [2.05, 4.69) is 15.9 Å². The van der Waals surface area contributed by atoms with Crippen LogP contribution in [-0.4, -0.2) is 11.1 Å². The average Bonchev–Trinajstić information content (AvgIpc) is 2.43. The lowest BCUT2D eigenvalue weighted by Gasteiger charge is -2.11. The highest BCUT2D eigenvalue weighted by Gasteiger charge is 2.06. The van der Waals surface area contributed by atoms with E-state index in [4.69, 9.17) is 21.4 Å². The van der Waals surface area contributed by atoms with Crippen LogP contribution in [0, 0.1) is 6.92 Å². The Hall–Kier alpha value is -1.78. The van der Waals surface area contributed by atoms with Crippen LogP contribution in [0.5, 0.6) is 11.5 Å². The van der Waals surface area contributed by atoms with Crippen LogP contribution in [-0.2, 0) is 4.79 Å². The molecule has 0 amide bonds. The number of ether oxygens (including phenoxy) is 1. The molecule has 2 aromatic rings. The molecule has 0 heterocycles. The Balaban J connectivity index is 2.25. The largest absolute Gasteiger partial charge is 0.478 e. The minimum Gasteiger partial charge on any atom is -0.478 e. The molecule has 0 radical (unpaired) electrons. The molecule has 0 spiro atoms. The molecule has 5 heteroatoms. The SMILES string of the molecule is Cc1cc(C=CC(=O)O)ccc1Oc1cc(Br)ccc1Cl. The lowest BCUT2D eigenvalue weighted by atomic mass is 10.1. The molecular formula is C16H12BrClO3. The van der Waals surface area contributed by atoms with Crippen LogP contribution < -0.4 is 4.74 Å². The number of rotatable bonds is 4. The van der Waals surface area contributed by atoms with Gasteiger partial charge in [-0.15, -0.1) is 0 Å². The summed E-state index contributed by atoms with van der Waals surface area (Å²) in [6.07, 6.45) is 2.63. The Labute approximate surface area is 135 Å². The van der Waals surface area contributed by atoms with Crippen molar-refractivity contribution in [1.82, 2.24) is 0 Å². The van der Waals surface area contributed by atoms with E-state index >= 15 is 0 Å². The fourth-order valence-corrected chi connectivity index (χ4v) is 2.23. The third-order valence-electron chi connectivity index (χ3n) is 2.73. The van der Waals surface area contributed by atoms with Crippen LogP contribution in [0.25, 0.3) is 6.08 Å². The number of carboxylic acid groups (broad SMARTS) is 1. The van der Waals surface area contributed by atoms with Gasteiger partial charge in [0.25, 0.3) is 0 Å². The van der Waals surface area contributed by atoms with E-state index in [-0.39, 0.29) is 0 Å². The fraction of sp³-hybridized carbons (Fsp3) is 0.0625. The van der Waals surface area contributed by atoms with Gasteiger partial charge in [0.15, 0.2) is 0 Å². The number of hydrogen-bond donors (Lipinski definition) is 1. The Bertz CT molecular complexity index is 711. The van der Waals surface area contributed by atoms with Gasteiger partial charge >= 0.3 is 5.97 Å². The van der Waals surface area contributed by atoms with Crippen molar-refractivity contribution in [1.29, 1.82) is 0 Å². The van der Waals surface area contributed by atoms with Gasteiger partial charge in [0.1, 0.15) is 11.5 Å². The summed E-state index contributed by atoms with van der Waals surface area (Å²) < 4.78 is 6.67. The monoisotopic (exact) mass is 366 g/mol. The highest BCUT2D eigenvalue weighted by atomic mass is 79.9. The summed E-state index contributed by atoms with van der Waals surface area (Å²) in [5.74, 6) is 0.249. The maximum Gasteiger partial charge on any atom is 0.328 e. The maximum atomic E-state index is 10.5. The maximum absolute atomic E-state index is 10.5. The molecule has 2 rings (SSSR count).